The molecule has 1 aromatic carbocycles. The Kier molecular flexibility index (Phi) is 6.39. The second-order valence-corrected chi connectivity index (χ2v) is 8.49. The molecular weight excluding hydrogens is 388 g/mol. The van der Waals surface area contributed by atoms with Crippen molar-refractivity contribution in [2.24, 2.45) is 0 Å². The highest BCUT2D eigenvalue weighted by molar-refractivity contribution is 5.61. The SMILES string of the molecule is Cc1cccc(/C=C/C=c2\[nH]c(=O)/c(=C/C=C/c3nc[nH]c3C(C)(C)C)[nH]c2=O)c1C. The number of hydrogen-bond acceptors (Lipinski definition) is 3. The molecule has 0 saturated heterocycles. The maximum absolute atomic E-state index is 12.4. The smallest absolute Gasteiger partial charge is 0.272 e. The quantitative estimate of drug-likeness (QED) is 0.610. The average Bonchev–Trinajstić information content (AvgIpc) is 3.17. The van der Waals surface area contributed by atoms with Gasteiger partial charge in [-0.05, 0) is 48.8 Å². The highest BCUT2D eigenvalue weighted by Crippen LogP contribution is 2.23. The zero-order valence-corrected chi connectivity index (χ0v) is 18.5. The summed E-state index contributed by atoms with van der Waals surface area (Å²) in [5.74, 6) is 0. The molecule has 0 atom stereocenters. The van der Waals surface area contributed by atoms with Crippen LogP contribution in [-0.2, 0) is 5.41 Å². The lowest BCUT2D eigenvalue weighted by molar-refractivity contribution is 0.571. The van der Waals surface area contributed by atoms with Crippen LogP contribution in [0.4, 0.5) is 0 Å². The van der Waals surface area contributed by atoms with Crippen molar-refractivity contribution in [2.75, 3.05) is 0 Å². The van der Waals surface area contributed by atoms with E-state index in [1.54, 1.807) is 30.6 Å². The fourth-order valence-corrected chi connectivity index (χ4v) is 3.20. The largest absolute Gasteiger partial charge is 0.348 e. The molecule has 0 aliphatic carbocycles. The standard InChI is InChI=1S/C25H28N4O2/c1-16-9-6-10-18(17(16)2)11-7-13-20-23(30)29-21(24(31)28-20)14-8-12-19-22(25(3,4)5)27-15-26-19/h6-15H,1-5H3,(H,26,27)(H,28,31)(H,29,30)/b11-7+,12-8+,20-13-,21-14-. The third kappa shape index (κ3) is 5.28. The van der Waals surface area contributed by atoms with Crippen LogP contribution in [0.2, 0.25) is 0 Å². The molecule has 3 rings (SSSR count). The monoisotopic (exact) mass is 416 g/mol. The summed E-state index contributed by atoms with van der Waals surface area (Å²) < 4.78 is 0. The van der Waals surface area contributed by atoms with E-state index in [0.717, 1.165) is 17.0 Å². The number of aryl methyl sites for hydroxylation is 1. The van der Waals surface area contributed by atoms with Crippen LogP contribution in [0.1, 0.15) is 48.8 Å². The summed E-state index contributed by atoms with van der Waals surface area (Å²) >= 11 is 0. The van der Waals surface area contributed by atoms with E-state index in [1.807, 2.05) is 24.3 Å². The number of H-pyrrole nitrogens is 3. The lowest BCUT2D eigenvalue weighted by Gasteiger charge is -2.16. The fraction of sp³-hybridized carbons (Fsp3) is 0.240. The van der Waals surface area contributed by atoms with Crippen molar-refractivity contribution in [3.8, 4) is 0 Å². The van der Waals surface area contributed by atoms with E-state index in [9.17, 15) is 9.59 Å². The van der Waals surface area contributed by atoms with Crippen LogP contribution in [0.3, 0.4) is 0 Å². The van der Waals surface area contributed by atoms with Crippen molar-refractivity contribution in [1.29, 1.82) is 0 Å². The van der Waals surface area contributed by atoms with Crippen molar-refractivity contribution in [2.45, 2.75) is 40.0 Å². The highest BCUT2D eigenvalue weighted by Gasteiger charge is 2.18. The molecule has 2 aromatic heterocycles. The van der Waals surface area contributed by atoms with Crippen LogP contribution >= 0.6 is 0 Å². The number of nitrogens with one attached hydrogen (secondary N) is 3. The maximum Gasteiger partial charge on any atom is 0.272 e. The molecule has 0 fully saturated rings. The predicted molar refractivity (Wildman–Crippen MR) is 127 cm³/mol. The molecule has 0 aliphatic rings. The van der Waals surface area contributed by atoms with Crippen LogP contribution < -0.4 is 21.8 Å². The summed E-state index contributed by atoms with van der Waals surface area (Å²) in [5, 5.41) is 0.389. The van der Waals surface area contributed by atoms with Gasteiger partial charge in [-0.3, -0.25) is 9.59 Å². The molecule has 3 N–H and O–H groups in total. The van der Waals surface area contributed by atoms with Crippen LogP contribution in [0.25, 0.3) is 24.3 Å². The number of aromatic amines is 3. The van der Waals surface area contributed by atoms with Gasteiger partial charge in [0.2, 0.25) is 0 Å². The summed E-state index contributed by atoms with van der Waals surface area (Å²) in [5.41, 5.74) is 4.43. The summed E-state index contributed by atoms with van der Waals surface area (Å²) in [7, 11) is 0. The van der Waals surface area contributed by atoms with Gasteiger partial charge in [-0.1, -0.05) is 57.2 Å². The average molecular weight is 417 g/mol. The topological polar surface area (TPSA) is 94.4 Å². The number of allylic oxidation sites excluding steroid dienone is 2. The molecule has 0 aliphatic heterocycles. The molecule has 31 heavy (non-hydrogen) atoms. The van der Waals surface area contributed by atoms with Gasteiger partial charge in [-0.2, -0.15) is 0 Å². The van der Waals surface area contributed by atoms with Crippen LogP contribution in [0.5, 0.6) is 0 Å². The van der Waals surface area contributed by atoms with Crippen molar-refractivity contribution >= 4 is 24.3 Å². The molecule has 2 heterocycles. The van der Waals surface area contributed by atoms with Gasteiger partial charge in [-0.15, -0.1) is 0 Å². The van der Waals surface area contributed by atoms with Crippen molar-refractivity contribution in [1.82, 2.24) is 19.9 Å². The molecule has 0 radical (unpaired) electrons. The predicted octanol–water partition coefficient (Wildman–Crippen LogP) is 2.69. The van der Waals surface area contributed by atoms with Crippen LogP contribution in [-0.4, -0.2) is 19.9 Å². The number of aromatic nitrogens is 4. The second kappa shape index (κ2) is 9.00. The van der Waals surface area contributed by atoms with Crippen molar-refractivity contribution in [3.63, 3.8) is 0 Å². The first-order valence-electron chi connectivity index (χ1n) is 10.2. The molecule has 0 spiro atoms. The van der Waals surface area contributed by atoms with Gasteiger partial charge in [0.25, 0.3) is 11.1 Å². The molecule has 0 bridgehead atoms. The molecule has 6 nitrogen and oxygen atoms in total. The van der Waals surface area contributed by atoms with Gasteiger partial charge in [0.05, 0.1) is 12.0 Å². The molecule has 0 saturated carbocycles. The third-order valence-electron chi connectivity index (χ3n) is 5.11. The minimum absolute atomic E-state index is 0.0794. The lowest BCUT2D eigenvalue weighted by atomic mass is 9.90. The molecular formula is C25H28N4O2. The van der Waals surface area contributed by atoms with E-state index in [4.69, 9.17) is 0 Å². The first-order valence-corrected chi connectivity index (χ1v) is 10.2. The fourth-order valence-electron chi connectivity index (χ4n) is 3.20. The Morgan fingerprint density at radius 2 is 1.52 bits per heavy atom. The van der Waals surface area contributed by atoms with Crippen LogP contribution in [0, 0.1) is 13.8 Å². The van der Waals surface area contributed by atoms with Gasteiger partial charge in [-0.25, -0.2) is 4.98 Å². The van der Waals surface area contributed by atoms with E-state index >= 15 is 0 Å². The first kappa shape index (κ1) is 22.0. The number of rotatable bonds is 4. The Bertz CT molecular complexity index is 1380. The number of hydrogen-bond donors (Lipinski definition) is 3. The Morgan fingerprint density at radius 1 is 0.903 bits per heavy atom. The zero-order valence-electron chi connectivity index (χ0n) is 18.5. The second-order valence-electron chi connectivity index (χ2n) is 8.49. The summed E-state index contributed by atoms with van der Waals surface area (Å²) in [4.78, 5) is 37.5. The van der Waals surface area contributed by atoms with Crippen LogP contribution in [0.15, 0.2) is 46.3 Å². The van der Waals surface area contributed by atoms with E-state index < -0.39 is 0 Å². The van der Waals surface area contributed by atoms with E-state index in [0.29, 0.717) is 0 Å². The number of benzene rings is 1. The Balaban J connectivity index is 1.89. The minimum atomic E-state index is -0.367. The maximum atomic E-state index is 12.4. The molecule has 3 aromatic rings. The van der Waals surface area contributed by atoms with Gasteiger partial charge in [0, 0.05) is 11.1 Å². The highest BCUT2D eigenvalue weighted by atomic mass is 16.1. The number of nitrogens with zero attached hydrogens (tertiary/aromatic N) is 1. The van der Waals surface area contributed by atoms with Gasteiger partial charge < -0.3 is 15.0 Å². The van der Waals surface area contributed by atoms with E-state index in [2.05, 4.69) is 60.6 Å². The Hall–Kier alpha value is -3.67. The molecule has 6 heteroatoms. The Labute approximate surface area is 180 Å². The van der Waals surface area contributed by atoms with Gasteiger partial charge in [0.1, 0.15) is 10.7 Å². The first-order chi connectivity index (χ1) is 14.7. The molecule has 0 unspecified atom stereocenters. The van der Waals surface area contributed by atoms with Gasteiger partial charge in [0.15, 0.2) is 0 Å². The third-order valence-corrected chi connectivity index (χ3v) is 5.11. The Morgan fingerprint density at radius 3 is 2.13 bits per heavy atom. The number of imidazole rings is 1. The molecule has 160 valence electrons. The zero-order chi connectivity index (χ0) is 22.6. The lowest BCUT2D eigenvalue weighted by Crippen LogP contribution is -2.46. The van der Waals surface area contributed by atoms with Gasteiger partial charge >= 0.3 is 0 Å². The van der Waals surface area contributed by atoms with Crippen molar-refractivity contribution in [3.05, 3.63) is 96.2 Å². The van der Waals surface area contributed by atoms with Crippen molar-refractivity contribution < 1.29 is 0 Å². The normalized spacial score (nSPS) is 13.7. The summed E-state index contributed by atoms with van der Waals surface area (Å²) in [6, 6.07) is 6.05. The summed E-state index contributed by atoms with van der Waals surface area (Å²) in [6.45, 7) is 10.4. The van der Waals surface area contributed by atoms with E-state index in [-0.39, 0.29) is 27.2 Å². The van der Waals surface area contributed by atoms with E-state index in [1.165, 1.54) is 11.1 Å². The minimum Gasteiger partial charge on any atom is -0.348 e. The summed E-state index contributed by atoms with van der Waals surface area (Å²) in [6.07, 6.45) is 12.0. The molecule has 0 amide bonds.